The Morgan fingerprint density at radius 2 is 1.62 bits per heavy atom. The van der Waals surface area contributed by atoms with Crippen LogP contribution in [0.2, 0.25) is 0 Å². The highest BCUT2D eigenvalue weighted by Crippen LogP contribution is 2.22. The fourth-order valence-electron chi connectivity index (χ4n) is 0.408. The smallest absolute Gasteiger partial charge is 0.350 e. The third kappa shape index (κ3) is 0.731. The maximum absolute atomic E-state index is 11.7. The van der Waals surface area contributed by atoms with Crippen LogP contribution in [0.3, 0.4) is 0 Å². The average Bonchev–Trinajstić information content (AvgIpc) is 1.85. The summed E-state index contributed by atoms with van der Waals surface area (Å²) in [6, 6.07) is -2.53. The normalized spacial score (nSPS) is 20.9. The second-order valence-electron chi connectivity index (χ2n) is 1.35. The summed E-state index contributed by atoms with van der Waals surface area (Å²) in [5, 5.41) is 0. The van der Waals surface area contributed by atoms with Gasteiger partial charge in [0.2, 0.25) is 6.29 Å². The Kier molecular flexibility index (Phi) is 1.08. The van der Waals surface area contributed by atoms with Crippen LogP contribution in [0.15, 0.2) is 12.0 Å². The van der Waals surface area contributed by atoms with E-state index in [0.717, 1.165) is 0 Å². The predicted octanol–water partition coefficient (Wildman–Crippen LogP) is 1.44. The molecule has 0 aromatic carbocycles. The average molecular weight is 122 g/mol. The molecule has 1 rings (SSSR count). The minimum atomic E-state index is -1.27. The van der Waals surface area contributed by atoms with E-state index in [1.165, 1.54) is 6.92 Å². The summed E-state index contributed by atoms with van der Waals surface area (Å²) in [5.74, 6) is 0. The van der Waals surface area contributed by atoms with Crippen molar-refractivity contribution in [3.8, 4) is 0 Å². The van der Waals surface area contributed by atoms with E-state index in [0.29, 0.717) is 0 Å². The fraction of sp³-hybridized carbons (Fsp3) is 0.500. The molecule has 0 amide bonds. The van der Waals surface area contributed by atoms with Crippen LogP contribution >= 0.6 is 0 Å². The molecule has 0 unspecified atom stereocenters. The molecular weight excluding hydrogens is 118 g/mol. The van der Waals surface area contributed by atoms with Gasteiger partial charge in [0.05, 0.1) is 0 Å². The van der Waals surface area contributed by atoms with E-state index in [1.54, 1.807) is 0 Å². The number of hydrogen-bond donors (Lipinski definition) is 0. The van der Waals surface area contributed by atoms with Crippen molar-refractivity contribution in [3.05, 3.63) is 12.0 Å². The zero-order chi connectivity index (χ0) is 6.15. The Hall–Kier alpha value is -0.800. The highest BCUT2D eigenvalue weighted by Gasteiger charge is 2.23. The summed E-state index contributed by atoms with van der Waals surface area (Å²) in [6.45, 7) is 1.40. The van der Waals surface area contributed by atoms with Gasteiger partial charge in [-0.1, -0.05) is 0 Å². The van der Waals surface area contributed by atoms with Crippen molar-refractivity contribution < 1.29 is 18.3 Å². The van der Waals surface area contributed by atoms with E-state index < -0.39 is 18.3 Å². The second-order valence-corrected chi connectivity index (χ2v) is 1.35. The largest absolute Gasteiger partial charge is 0.426 e. The fourth-order valence-corrected chi connectivity index (χ4v) is 0.408. The minimum absolute atomic E-state index is 0.824. The number of rotatable bonds is 0. The molecule has 0 saturated carbocycles. The van der Waals surface area contributed by atoms with Gasteiger partial charge < -0.3 is 9.47 Å². The molecule has 0 aromatic rings. The lowest BCUT2D eigenvalue weighted by molar-refractivity contribution is -0.0459. The van der Waals surface area contributed by atoms with Crippen molar-refractivity contribution >= 4 is 0 Å². The molecule has 1 aliphatic heterocycles. The molecule has 8 heavy (non-hydrogen) atoms. The Balaban J connectivity index is 2.60. The molecule has 0 atom stereocenters. The Bertz CT molecular complexity index is 118. The highest BCUT2D eigenvalue weighted by molar-refractivity contribution is 4.87. The Labute approximate surface area is 44.7 Å². The molecule has 0 aliphatic carbocycles. The summed E-state index contributed by atoms with van der Waals surface area (Å²) < 4.78 is 31.6. The summed E-state index contributed by atoms with van der Waals surface area (Å²) in [7, 11) is 0. The van der Waals surface area contributed by atoms with Crippen LogP contribution in [-0.2, 0) is 9.47 Å². The van der Waals surface area contributed by atoms with Crippen molar-refractivity contribution in [2.24, 2.45) is 0 Å². The van der Waals surface area contributed by atoms with Crippen LogP contribution in [0.1, 0.15) is 6.92 Å². The van der Waals surface area contributed by atoms with Gasteiger partial charge in [-0.15, -0.1) is 0 Å². The quantitative estimate of drug-likeness (QED) is 0.484. The van der Waals surface area contributed by atoms with E-state index in [1.807, 2.05) is 0 Å². The van der Waals surface area contributed by atoms with E-state index in [2.05, 4.69) is 9.47 Å². The first-order valence-electron chi connectivity index (χ1n) is 2.08. The molecule has 0 saturated heterocycles. The van der Waals surface area contributed by atoms with Gasteiger partial charge in [0.1, 0.15) is 0 Å². The molecule has 4 heteroatoms. The summed E-state index contributed by atoms with van der Waals surface area (Å²) in [6.07, 6.45) is -0.824. The van der Waals surface area contributed by atoms with Crippen LogP contribution < -0.4 is 0 Å². The van der Waals surface area contributed by atoms with Crippen molar-refractivity contribution in [2.45, 2.75) is 13.2 Å². The zero-order valence-corrected chi connectivity index (χ0v) is 4.15. The third-order valence-electron chi connectivity index (χ3n) is 0.693. The van der Waals surface area contributed by atoms with Crippen LogP contribution in [0.4, 0.5) is 8.78 Å². The van der Waals surface area contributed by atoms with Gasteiger partial charge >= 0.3 is 12.0 Å². The van der Waals surface area contributed by atoms with Gasteiger partial charge in [0.15, 0.2) is 0 Å². The predicted molar refractivity (Wildman–Crippen MR) is 20.9 cm³/mol. The summed E-state index contributed by atoms with van der Waals surface area (Å²) >= 11 is 0. The molecule has 0 radical (unpaired) electrons. The molecular formula is C4H4F2O2. The molecule has 0 spiro atoms. The van der Waals surface area contributed by atoms with E-state index in [-0.39, 0.29) is 0 Å². The SMILES string of the molecule is CC1OC(F)=C(F)O1. The van der Waals surface area contributed by atoms with E-state index in [4.69, 9.17) is 0 Å². The summed E-state index contributed by atoms with van der Waals surface area (Å²) in [4.78, 5) is 0. The number of hydrogen-bond acceptors (Lipinski definition) is 2. The molecule has 0 aromatic heterocycles. The van der Waals surface area contributed by atoms with Gasteiger partial charge in [0.25, 0.3) is 0 Å². The van der Waals surface area contributed by atoms with Crippen molar-refractivity contribution in [1.82, 2.24) is 0 Å². The molecule has 0 bridgehead atoms. The molecule has 2 nitrogen and oxygen atoms in total. The first-order chi connectivity index (χ1) is 3.70. The lowest BCUT2D eigenvalue weighted by Gasteiger charge is -1.98. The van der Waals surface area contributed by atoms with Gasteiger partial charge in [-0.3, -0.25) is 0 Å². The second kappa shape index (κ2) is 1.61. The first kappa shape index (κ1) is 5.34. The van der Waals surface area contributed by atoms with E-state index >= 15 is 0 Å². The lowest BCUT2D eigenvalue weighted by Crippen LogP contribution is -1.99. The van der Waals surface area contributed by atoms with Crippen LogP contribution in [0, 0.1) is 0 Å². The maximum Gasteiger partial charge on any atom is 0.350 e. The Morgan fingerprint density at radius 3 is 1.75 bits per heavy atom. The van der Waals surface area contributed by atoms with Crippen molar-refractivity contribution in [1.29, 1.82) is 0 Å². The topological polar surface area (TPSA) is 18.5 Å². The van der Waals surface area contributed by atoms with Gasteiger partial charge in [-0.2, -0.15) is 8.78 Å². The number of ether oxygens (including phenoxy) is 2. The van der Waals surface area contributed by atoms with Crippen LogP contribution in [0.5, 0.6) is 0 Å². The van der Waals surface area contributed by atoms with Crippen molar-refractivity contribution in [3.63, 3.8) is 0 Å². The Morgan fingerprint density at radius 1 is 1.25 bits per heavy atom. The lowest BCUT2D eigenvalue weighted by atomic mass is 10.8. The standard InChI is InChI=1S/C4H4F2O2/c1-2-7-3(5)4(6)8-2/h2H,1H3. The highest BCUT2D eigenvalue weighted by atomic mass is 19.2. The van der Waals surface area contributed by atoms with Gasteiger partial charge in [0, 0.05) is 6.92 Å². The molecule has 0 N–H and O–H groups in total. The van der Waals surface area contributed by atoms with Crippen LogP contribution in [-0.4, -0.2) is 6.29 Å². The molecule has 46 valence electrons. The third-order valence-corrected chi connectivity index (χ3v) is 0.693. The maximum atomic E-state index is 11.7. The first-order valence-corrected chi connectivity index (χ1v) is 2.08. The van der Waals surface area contributed by atoms with Gasteiger partial charge in [-0.05, 0) is 0 Å². The molecule has 1 aliphatic rings. The van der Waals surface area contributed by atoms with Gasteiger partial charge in [-0.25, -0.2) is 0 Å². The molecule has 0 fully saturated rings. The molecule has 1 heterocycles. The van der Waals surface area contributed by atoms with Crippen molar-refractivity contribution in [2.75, 3.05) is 0 Å². The minimum Gasteiger partial charge on any atom is -0.426 e. The monoisotopic (exact) mass is 122 g/mol. The van der Waals surface area contributed by atoms with E-state index in [9.17, 15) is 8.78 Å². The summed E-state index contributed by atoms with van der Waals surface area (Å²) in [5.41, 5.74) is 0. The zero-order valence-electron chi connectivity index (χ0n) is 4.15. The van der Waals surface area contributed by atoms with Crippen LogP contribution in [0.25, 0.3) is 0 Å². The number of halogens is 2.